The van der Waals surface area contributed by atoms with E-state index in [4.69, 9.17) is 0 Å². The van der Waals surface area contributed by atoms with Gasteiger partial charge in [0.1, 0.15) is 0 Å². The number of fused-ring (bicyclic) bond motifs is 9. The molecule has 5 saturated carbocycles. The molecule has 1 heteroatoms. The smallest absolute Gasteiger partial charge is 0.0487 e. The summed E-state index contributed by atoms with van der Waals surface area (Å²) in [7, 11) is 0. The van der Waals surface area contributed by atoms with Crippen LogP contribution < -0.4 is 4.90 Å². The lowest BCUT2D eigenvalue weighted by Crippen LogP contribution is -2.48. The van der Waals surface area contributed by atoms with Crippen molar-refractivity contribution in [3.8, 4) is 44.5 Å². The molecule has 1 nitrogen and oxygen atoms in total. The molecule has 0 heterocycles. The van der Waals surface area contributed by atoms with Gasteiger partial charge in [-0.15, -0.1) is 0 Å². The Morgan fingerprint density at radius 2 is 1.05 bits per heavy atom. The Labute approximate surface area is 356 Å². The molecule has 7 aliphatic carbocycles. The third-order valence-electron chi connectivity index (χ3n) is 16.8. The Morgan fingerprint density at radius 1 is 0.417 bits per heavy atom. The standard InChI is InChI=1S/C59H53N/c1-3-13-41(14-4-1)43-22-23-44(52(35-43)42-15-5-2-6-16-42)38-60(47-26-28-55-53(36-47)50-18-7-9-19-54(50)58(55)29-11-12-30-58)48-25-27-51-49-17-8-10-20-56(49)59(57(51)37-48)45-24-21-39-31-40(33-45)34-46(59)32-39/h1-10,13-20,22-23,25-28,35-37,39-40,45-46H,11-12,21,24,29-34,38H2. The van der Waals surface area contributed by atoms with E-state index in [0.717, 1.165) is 24.3 Å². The summed E-state index contributed by atoms with van der Waals surface area (Å²) < 4.78 is 0. The van der Waals surface area contributed by atoms with Crippen molar-refractivity contribution in [2.75, 3.05) is 4.90 Å². The largest absolute Gasteiger partial charge is 0.337 e. The predicted molar refractivity (Wildman–Crippen MR) is 249 cm³/mol. The fourth-order valence-electron chi connectivity index (χ4n) is 14.5. The lowest BCUT2D eigenvalue weighted by molar-refractivity contribution is 0.0618. The average Bonchev–Trinajstić information content (AvgIpc) is 3.94. The van der Waals surface area contributed by atoms with E-state index < -0.39 is 0 Å². The van der Waals surface area contributed by atoms with E-state index in [-0.39, 0.29) is 10.8 Å². The van der Waals surface area contributed by atoms with E-state index in [1.54, 1.807) is 22.3 Å². The Hall–Kier alpha value is -5.66. The second-order valence-corrected chi connectivity index (χ2v) is 19.5. The maximum atomic E-state index is 2.71. The van der Waals surface area contributed by atoms with Gasteiger partial charge in [-0.2, -0.15) is 0 Å². The summed E-state index contributed by atoms with van der Waals surface area (Å²) in [6.45, 7) is 0.778. The fraction of sp³-hybridized carbons (Fsp3) is 0.288. The Kier molecular flexibility index (Phi) is 7.86. The lowest BCUT2D eigenvalue weighted by Gasteiger charge is -2.53. The minimum absolute atomic E-state index is 0.109. The summed E-state index contributed by atoms with van der Waals surface area (Å²) in [6, 6.07) is 63.5. The van der Waals surface area contributed by atoms with Crippen molar-refractivity contribution in [2.45, 2.75) is 81.6 Å². The SMILES string of the molecule is c1ccc(-c2ccc(CN(c3ccc4c(c3)-c3ccccc3C43CCCC3)c3ccc4c(c3)C3(c5ccccc5-4)C4CCC5CC(C4)CC3C5)c(-c3ccccc3)c2)cc1. The van der Waals surface area contributed by atoms with E-state index in [2.05, 4.69) is 169 Å². The van der Waals surface area contributed by atoms with Crippen LogP contribution >= 0.6 is 0 Å². The molecule has 0 aromatic heterocycles. The summed E-state index contributed by atoms with van der Waals surface area (Å²) in [6.07, 6.45) is 13.6. The fourth-order valence-corrected chi connectivity index (χ4v) is 14.5. The Bertz CT molecular complexity index is 2780. The third kappa shape index (κ3) is 5.05. The van der Waals surface area contributed by atoms with Gasteiger partial charge in [0, 0.05) is 28.7 Å². The molecule has 0 N–H and O–H groups in total. The van der Waals surface area contributed by atoms with E-state index in [0.29, 0.717) is 5.92 Å². The average molecular weight is 776 g/mol. The number of benzene rings is 7. The molecule has 7 aromatic carbocycles. The van der Waals surface area contributed by atoms with Crippen molar-refractivity contribution < 1.29 is 0 Å². The van der Waals surface area contributed by atoms with Gasteiger partial charge in [0.2, 0.25) is 0 Å². The van der Waals surface area contributed by atoms with E-state index in [1.807, 2.05) is 0 Å². The van der Waals surface area contributed by atoms with Gasteiger partial charge in [-0.1, -0.05) is 153 Å². The number of hydrogen-bond acceptors (Lipinski definition) is 1. The van der Waals surface area contributed by atoms with Gasteiger partial charge in [-0.05, 0) is 171 Å². The first kappa shape index (κ1) is 35.1. The molecule has 60 heavy (non-hydrogen) atoms. The number of nitrogens with zero attached hydrogens (tertiary/aromatic N) is 1. The zero-order valence-electron chi connectivity index (χ0n) is 34.6. The van der Waals surface area contributed by atoms with Crippen LogP contribution in [-0.2, 0) is 17.4 Å². The first-order valence-corrected chi connectivity index (χ1v) is 23.2. The Balaban J connectivity index is 1.01. The van der Waals surface area contributed by atoms with E-state index in [1.165, 1.54) is 126 Å². The second kappa shape index (κ2) is 13.4. The molecule has 2 spiro atoms. The van der Waals surface area contributed by atoms with Crippen LogP contribution in [0.4, 0.5) is 11.4 Å². The molecule has 7 aliphatic rings. The molecule has 0 saturated heterocycles. The first-order chi connectivity index (χ1) is 29.7. The summed E-state index contributed by atoms with van der Waals surface area (Å²) in [5.74, 6) is 3.26. The van der Waals surface area contributed by atoms with Crippen molar-refractivity contribution in [3.05, 3.63) is 192 Å². The molecule has 0 amide bonds. The highest BCUT2D eigenvalue weighted by Crippen LogP contribution is 2.68. The summed E-state index contributed by atoms with van der Waals surface area (Å²) in [5, 5.41) is 0. The van der Waals surface area contributed by atoms with Gasteiger partial charge in [-0.25, -0.2) is 0 Å². The topological polar surface area (TPSA) is 3.24 Å². The molecular weight excluding hydrogens is 723 g/mol. The van der Waals surface area contributed by atoms with Crippen LogP contribution in [-0.4, -0.2) is 0 Å². The number of anilines is 2. The van der Waals surface area contributed by atoms with Gasteiger partial charge < -0.3 is 4.90 Å². The highest BCUT2D eigenvalue weighted by molar-refractivity contribution is 5.87. The first-order valence-electron chi connectivity index (χ1n) is 23.2. The van der Waals surface area contributed by atoms with Crippen LogP contribution in [0.3, 0.4) is 0 Å². The molecule has 14 rings (SSSR count). The van der Waals surface area contributed by atoms with E-state index >= 15 is 0 Å². The van der Waals surface area contributed by atoms with Crippen LogP contribution in [0.1, 0.15) is 92.0 Å². The zero-order valence-corrected chi connectivity index (χ0v) is 34.6. The molecule has 7 aromatic rings. The zero-order chi connectivity index (χ0) is 39.4. The Morgan fingerprint density at radius 3 is 1.87 bits per heavy atom. The lowest BCUT2D eigenvalue weighted by atomic mass is 9.51. The van der Waals surface area contributed by atoms with Gasteiger partial charge in [-0.3, -0.25) is 0 Å². The number of hydrogen-bond donors (Lipinski definition) is 0. The van der Waals surface area contributed by atoms with Gasteiger partial charge in [0.25, 0.3) is 0 Å². The monoisotopic (exact) mass is 775 g/mol. The quantitative estimate of drug-likeness (QED) is 0.163. The maximum absolute atomic E-state index is 2.71. The molecule has 5 atom stereocenters. The molecular formula is C59H53N. The third-order valence-corrected chi connectivity index (χ3v) is 16.8. The molecule has 294 valence electrons. The van der Waals surface area contributed by atoms with Crippen molar-refractivity contribution >= 4 is 11.4 Å². The van der Waals surface area contributed by atoms with Gasteiger partial charge in [0.05, 0.1) is 0 Å². The van der Waals surface area contributed by atoms with E-state index in [9.17, 15) is 0 Å². The second-order valence-electron chi connectivity index (χ2n) is 19.5. The highest BCUT2D eigenvalue weighted by atomic mass is 15.1. The summed E-state index contributed by atoms with van der Waals surface area (Å²) in [4.78, 5) is 2.69. The van der Waals surface area contributed by atoms with Crippen molar-refractivity contribution in [2.24, 2.45) is 23.7 Å². The van der Waals surface area contributed by atoms with Crippen LogP contribution in [0.5, 0.6) is 0 Å². The molecule has 0 radical (unpaired) electrons. The molecule has 0 aliphatic heterocycles. The van der Waals surface area contributed by atoms with Crippen molar-refractivity contribution in [1.82, 2.24) is 0 Å². The normalized spacial score (nSPS) is 24.6. The van der Waals surface area contributed by atoms with Crippen molar-refractivity contribution in [3.63, 3.8) is 0 Å². The van der Waals surface area contributed by atoms with Crippen molar-refractivity contribution in [1.29, 1.82) is 0 Å². The summed E-state index contributed by atoms with van der Waals surface area (Å²) in [5.41, 5.74) is 21.6. The van der Waals surface area contributed by atoms with Crippen LogP contribution in [0.25, 0.3) is 44.5 Å². The molecule has 5 unspecified atom stereocenters. The van der Waals surface area contributed by atoms with Gasteiger partial charge >= 0.3 is 0 Å². The predicted octanol–water partition coefficient (Wildman–Crippen LogP) is 15.3. The summed E-state index contributed by atoms with van der Waals surface area (Å²) >= 11 is 0. The van der Waals surface area contributed by atoms with Gasteiger partial charge in [0.15, 0.2) is 0 Å². The maximum Gasteiger partial charge on any atom is 0.0487 e. The highest BCUT2D eigenvalue weighted by Gasteiger charge is 2.59. The number of rotatable bonds is 6. The van der Waals surface area contributed by atoms with Crippen LogP contribution in [0, 0.1) is 23.7 Å². The molecule has 5 fully saturated rings. The minimum atomic E-state index is 0.109. The van der Waals surface area contributed by atoms with Crippen LogP contribution in [0.2, 0.25) is 0 Å². The molecule has 4 bridgehead atoms. The minimum Gasteiger partial charge on any atom is -0.337 e. The van der Waals surface area contributed by atoms with Crippen LogP contribution in [0.15, 0.2) is 164 Å².